The van der Waals surface area contributed by atoms with Gasteiger partial charge in [-0.15, -0.1) is 0 Å². The highest BCUT2D eigenvalue weighted by atomic mass is 32.2. The summed E-state index contributed by atoms with van der Waals surface area (Å²) in [4.78, 5) is 0. The number of rotatable bonds is 4. The van der Waals surface area contributed by atoms with Crippen LogP contribution in [0.3, 0.4) is 0 Å². The first-order chi connectivity index (χ1) is 8.95. The van der Waals surface area contributed by atoms with Crippen LogP contribution in [0.4, 0.5) is 5.69 Å². The van der Waals surface area contributed by atoms with Crippen molar-refractivity contribution < 1.29 is 13.2 Å². The van der Waals surface area contributed by atoms with Crippen molar-refractivity contribution in [3.63, 3.8) is 0 Å². The van der Waals surface area contributed by atoms with Crippen molar-refractivity contribution in [3.05, 3.63) is 23.3 Å². The number of anilines is 1. The molecule has 20 heavy (non-hydrogen) atoms. The lowest BCUT2D eigenvalue weighted by atomic mass is 9.84. The Morgan fingerprint density at radius 2 is 1.75 bits per heavy atom. The van der Waals surface area contributed by atoms with Gasteiger partial charge >= 0.3 is 0 Å². The highest BCUT2D eigenvalue weighted by Gasteiger charge is 2.22. The summed E-state index contributed by atoms with van der Waals surface area (Å²) in [6, 6.07) is 3.95. The molecule has 0 bridgehead atoms. The Bertz CT molecular complexity index is 584. The fraction of sp³-hybridized carbons (Fsp3) is 0.600. The van der Waals surface area contributed by atoms with Crippen LogP contribution in [0, 0.1) is 0 Å². The number of nitrogens with one attached hydrogen (secondary N) is 1. The van der Waals surface area contributed by atoms with Gasteiger partial charge in [-0.1, -0.05) is 40.7 Å². The smallest absolute Gasteiger partial charge is 0.229 e. The number of hydrogen-bond donors (Lipinski definition) is 1. The molecule has 0 aliphatic carbocycles. The van der Waals surface area contributed by atoms with Crippen LogP contribution < -0.4 is 9.46 Å². The average Bonchev–Trinajstić information content (AvgIpc) is 2.24. The van der Waals surface area contributed by atoms with Gasteiger partial charge in [-0.25, -0.2) is 8.42 Å². The van der Waals surface area contributed by atoms with E-state index in [2.05, 4.69) is 45.4 Å². The molecule has 0 heterocycles. The van der Waals surface area contributed by atoms with E-state index in [1.54, 1.807) is 7.11 Å². The second-order valence-electron chi connectivity index (χ2n) is 6.43. The monoisotopic (exact) mass is 299 g/mol. The van der Waals surface area contributed by atoms with E-state index in [-0.39, 0.29) is 11.3 Å². The van der Waals surface area contributed by atoms with Gasteiger partial charge in [0.25, 0.3) is 0 Å². The second kappa shape index (κ2) is 5.64. The maximum absolute atomic E-state index is 11.5. The number of methoxy groups -OCH3 is 1. The minimum atomic E-state index is -3.34. The molecule has 0 amide bonds. The summed E-state index contributed by atoms with van der Waals surface area (Å²) in [7, 11) is -1.78. The fourth-order valence-electron chi connectivity index (χ4n) is 2.02. The van der Waals surface area contributed by atoms with E-state index in [1.807, 2.05) is 6.07 Å². The minimum absolute atomic E-state index is 0.0656. The third kappa shape index (κ3) is 4.13. The minimum Gasteiger partial charge on any atom is -0.494 e. The molecule has 0 aliphatic heterocycles. The Morgan fingerprint density at radius 1 is 1.20 bits per heavy atom. The van der Waals surface area contributed by atoms with Crippen LogP contribution in [0.15, 0.2) is 12.1 Å². The van der Waals surface area contributed by atoms with Crippen LogP contribution in [0.5, 0.6) is 5.75 Å². The average molecular weight is 299 g/mol. The van der Waals surface area contributed by atoms with Crippen LogP contribution in [-0.2, 0) is 15.4 Å². The van der Waals surface area contributed by atoms with Gasteiger partial charge in [-0.2, -0.15) is 0 Å². The zero-order valence-corrected chi connectivity index (χ0v) is 14.2. The molecular weight excluding hydrogens is 274 g/mol. The van der Waals surface area contributed by atoms with E-state index in [0.717, 1.165) is 17.4 Å². The molecular formula is C15H25NO3S. The molecule has 0 saturated carbocycles. The largest absolute Gasteiger partial charge is 0.494 e. The molecule has 0 aliphatic rings. The number of hydrogen-bond acceptors (Lipinski definition) is 3. The summed E-state index contributed by atoms with van der Waals surface area (Å²) in [5, 5.41) is 0. The maximum atomic E-state index is 11.5. The molecule has 0 saturated heterocycles. The zero-order chi connectivity index (χ0) is 15.7. The van der Waals surface area contributed by atoms with E-state index in [4.69, 9.17) is 4.74 Å². The van der Waals surface area contributed by atoms with E-state index in [0.29, 0.717) is 11.4 Å². The summed E-state index contributed by atoms with van der Waals surface area (Å²) >= 11 is 0. The van der Waals surface area contributed by atoms with E-state index >= 15 is 0 Å². The van der Waals surface area contributed by atoms with Crippen molar-refractivity contribution in [1.29, 1.82) is 0 Å². The molecule has 1 aromatic rings. The topological polar surface area (TPSA) is 55.4 Å². The molecule has 0 radical (unpaired) electrons. The SMILES string of the molecule is COc1c(NS(C)(=O)=O)cc(C(C)(C)C)cc1C(C)C. The van der Waals surface area contributed by atoms with Crippen LogP contribution in [0.2, 0.25) is 0 Å². The van der Waals surface area contributed by atoms with Gasteiger partial charge in [0.1, 0.15) is 5.75 Å². The number of sulfonamides is 1. The summed E-state index contributed by atoms with van der Waals surface area (Å²) in [5.41, 5.74) is 2.52. The molecule has 0 unspecified atom stereocenters. The summed E-state index contributed by atoms with van der Waals surface area (Å²) in [6.07, 6.45) is 1.14. The van der Waals surface area contributed by atoms with Gasteiger partial charge in [-0.05, 0) is 28.5 Å². The Labute approximate surface area is 122 Å². The van der Waals surface area contributed by atoms with E-state index < -0.39 is 10.0 Å². The lowest BCUT2D eigenvalue weighted by molar-refractivity contribution is 0.409. The summed E-state index contributed by atoms with van der Waals surface area (Å²) < 4.78 is 31.1. The predicted octanol–water partition coefficient (Wildman–Crippen LogP) is 3.49. The molecule has 0 spiro atoms. The van der Waals surface area contributed by atoms with Gasteiger partial charge in [-0.3, -0.25) is 4.72 Å². The maximum Gasteiger partial charge on any atom is 0.229 e. The molecule has 114 valence electrons. The van der Waals surface area contributed by atoms with Crippen molar-refractivity contribution >= 4 is 15.7 Å². The molecule has 0 aromatic heterocycles. The third-order valence-electron chi connectivity index (χ3n) is 3.11. The van der Waals surface area contributed by atoms with Gasteiger partial charge in [0, 0.05) is 0 Å². The van der Waals surface area contributed by atoms with E-state index in [9.17, 15) is 8.42 Å². The normalized spacial score (nSPS) is 12.6. The van der Waals surface area contributed by atoms with Crippen LogP contribution >= 0.6 is 0 Å². The van der Waals surface area contributed by atoms with Crippen molar-refractivity contribution in [2.75, 3.05) is 18.1 Å². The Hall–Kier alpha value is -1.23. The molecule has 1 rings (SSSR count). The fourth-order valence-corrected chi connectivity index (χ4v) is 2.57. The molecule has 1 aromatic carbocycles. The summed E-state index contributed by atoms with van der Waals surface area (Å²) in [6.45, 7) is 10.4. The lowest BCUT2D eigenvalue weighted by Crippen LogP contribution is -2.16. The van der Waals surface area contributed by atoms with Crippen LogP contribution in [-0.4, -0.2) is 21.8 Å². The second-order valence-corrected chi connectivity index (χ2v) is 8.17. The van der Waals surface area contributed by atoms with Crippen molar-refractivity contribution in [2.45, 2.75) is 46.0 Å². The molecule has 0 atom stereocenters. The van der Waals surface area contributed by atoms with Gasteiger partial charge in [0.05, 0.1) is 19.1 Å². The van der Waals surface area contributed by atoms with Crippen molar-refractivity contribution in [1.82, 2.24) is 0 Å². The van der Waals surface area contributed by atoms with Gasteiger partial charge < -0.3 is 4.74 Å². The molecule has 1 N–H and O–H groups in total. The quantitative estimate of drug-likeness (QED) is 0.926. The standard InChI is InChI=1S/C15H25NO3S/c1-10(2)12-8-11(15(3,4)5)9-13(14(12)19-6)16-20(7,17)18/h8-10,16H,1-7H3. The molecule has 5 heteroatoms. The Kier molecular flexibility index (Phi) is 4.74. The highest BCUT2D eigenvalue weighted by molar-refractivity contribution is 7.92. The Balaban J connectivity index is 3.57. The molecule has 0 fully saturated rings. The first-order valence-corrected chi connectivity index (χ1v) is 8.55. The number of benzene rings is 1. The Morgan fingerprint density at radius 3 is 2.10 bits per heavy atom. The summed E-state index contributed by atoms with van der Waals surface area (Å²) in [5.74, 6) is 0.839. The van der Waals surface area contributed by atoms with Gasteiger partial charge in [0.2, 0.25) is 10.0 Å². The third-order valence-corrected chi connectivity index (χ3v) is 3.70. The van der Waals surface area contributed by atoms with Crippen LogP contribution in [0.25, 0.3) is 0 Å². The van der Waals surface area contributed by atoms with Crippen molar-refractivity contribution in [3.8, 4) is 5.75 Å². The number of ether oxygens (including phenoxy) is 1. The lowest BCUT2D eigenvalue weighted by Gasteiger charge is -2.24. The highest BCUT2D eigenvalue weighted by Crippen LogP contribution is 2.38. The molecule has 4 nitrogen and oxygen atoms in total. The van der Waals surface area contributed by atoms with Crippen LogP contribution in [0.1, 0.15) is 51.7 Å². The van der Waals surface area contributed by atoms with E-state index in [1.165, 1.54) is 0 Å². The predicted molar refractivity (Wildman–Crippen MR) is 84.2 cm³/mol. The van der Waals surface area contributed by atoms with Crippen molar-refractivity contribution in [2.24, 2.45) is 0 Å². The first kappa shape index (κ1) is 16.8. The first-order valence-electron chi connectivity index (χ1n) is 6.66. The zero-order valence-electron chi connectivity index (χ0n) is 13.4. The van der Waals surface area contributed by atoms with Gasteiger partial charge in [0.15, 0.2) is 0 Å².